The highest BCUT2D eigenvalue weighted by Gasteiger charge is 2.12. The van der Waals surface area contributed by atoms with Gasteiger partial charge in [-0.25, -0.2) is 0 Å². The maximum atomic E-state index is 5.87. The molecule has 1 radical (unpaired) electrons. The second kappa shape index (κ2) is 8.14. The van der Waals surface area contributed by atoms with Crippen molar-refractivity contribution in [2.24, 2.45) is 0 Å². The zero-order chi connectivity index (χ0) is 15.9. The SMILES string of the molecule is CN1CCN(CCCOc2ccc(-c3cc[c]cc3)cc2)CC1. The number of nitrogens with zero attached hydrogens (tertiary/aromatic N) is 2. The van der Waals surface area contributed by atoms with E-state index in [0.29, 0.717) is 0 Å². The Morgan fingerprint density at radius 1 is 0.913 bits per heavy atom. The van der Waals surface area contributed by atoms with Crippen molar-refractivity contribution in [3.05, 3.63) is 54.6 Å². The molecule has 1 fully saturated rings. The van der Waals surface area contributed by atoms with E-state index in [2.05, 4.69) is 59.3 Å². The maximum absolute atomic E-state index is 5.87. The third kappa shape index (κ3) is 4.81. The molecule has 0 aliphatic carbocycles. The van der Waals surface area contributed by atoms with E-state index in [1.54, 1.807) is 0 Å². The predicted octanol–water partition coefficient (Wildman–Crippen LogP) is 3.17. The number of ether oxygens (including phenoxy) is 1. The average molecular weight is 309 g/mol. The van der Waals surface area contributed by atoms with E-state index in [4.69, 9.17) is 4.74 Å². The highest BCUT2D eigenvalue weighted by atomic mass is 16.5. The summed E-state index contributed by atoms with van der Waals surface area (Å²) in [6.07, 6.45) is 1.08. The van der Waals surface area contributed by atoms with E-state index < -0.39 is 0 Å². The molecular weight excluding hydrogens is 284 g/mol. The lowest BCUT2D eigenvalue weighted by molar-refractivity contribution is 0.145. The monoisotopic (exact) mass is 309 g/mol. The van der Waals surface area contributed by atoms with Crippen LogP contribution in [0.3, 0.4) is 0 Å². The summed E-state index contributed by atoms with van der Waals surface area (Å²) in [5.41, 5.74) is 2.43. The number of hydrogen-bond acceptors (Lipinski definition) is 3. The van der Waals surface area contributed by atoms with Crippen molar-refractivity contribution in [2.75, 3.05) is 46.4 Å². The molecule has 3 nitrogen and oxygen atoms in total. The summed E-state index contributed by atoms with van der Waals surface area (Å²) in [4.78, 5) is 4.91. The van der Waals surface area contributed by atoms with Gasteiger partial charge in [0.15, 0.2) is 0 Å². The van der Waals surface area contributed by atoms with Gasteiger partial charge in [0.2, 0.25) is 0 Å². The van der Waals surface area contributed by atoms with Crippen LogP contribution in [0.2, 0.25) is 0 Å². The third-order valence-corrected chi connectivity index (χ3v) is 4.39. The van der Waals surface area contributed by atoms with Crippen LogP contribution in [0.5, 0.6) is 5.75 Å². The summed E-state index contributed by atoms with van der Waals surface area (Å²) in [7, 11) is 2.19. The first kappa shape index (κ1) is 16.0. The molecule has 2 aromatic carbocycles. The van der Waals surface area contributed by atoms with E-state index in [1.165, 1.54) is 37.3 Å². The maximum Gasteiger partial charge on any atom is 0.119 e. The molecule has 1 heterocycles. The van der Waals surface area contributed by atoms with Gasteiger partial charge in [-0.3, -0.25) is 0 Å². The van der Waals surface area contributed by atoms with Crippen molar-refractivity contribution in [1.82, 2.24) is 9.80 Å². The lowest BCUT2D eigenvalue weighted by atomic mass is 10.1. The predicted molar refractivity (Wildman–Crippen MR) is 94.8 cm³/mol. The molecule has 3 heteroatoms. The Hall–Kier alpha value is -1.84. The lowest BCUT2D eigenvalue weighted by Gasteiger charge is -2.32. The summed E-state index contributed by atoms with van der Waals surface area (Å²) in [5, 5.41) is 0. The molecule has 0 N–H and O–H groups in total. The van der Waals surface area contributed by atoms with Crippen LogP contribution in [-0.2, 0) is 0 Å². The van der Waals surface area contributed by atoms with E-state index in [9.17, 15) is 0 Å². The molecule has 0 aromatic heterocycles. The van der Waals surface area contributed by atoms with Gasteiger partial charge >= 0.3 is 0 Å². The van der Waals surface area contributed by atoms with Crippen LogP contribution in [-0.4, -0.2) is 56.2 Å². The Balaban J connectivity index is 1.41. The second-order valence-electron chi connectivity index (χ2n) is 6.16. The van der Waals surface area contributed by atoms with Crippen LogP contribution in [0, 0.1) is 6.07 Å². The van der Waals surface area contributed by atoms with Crippen LogP contribution in [0.4, 0.5) is 0 Å². The summed E-state index contributed by atoms with van der Waals surface area (Å²) in [6.45, 7) is 6.64. The Kier molecular flexibility index (Phi) is 5.67. The number of hydrogen-bond donors (Lipinski definition) is 0. The Morgan fingerprint density at radius 2 is 1.57 bits per heavy atom. The fourth-order valence-corrected chi connectivity index (χ4v) is 2.87. The second-order valence-corrected chi connectivity index (χ2v) is 6.16. The van der Waals surface area contributed by atoms with Crippen LogP contribution in [0.25, 0.3) is 11.1 Å². The van der Waals surface area contributed by atoms with Gasteiger partial charge < -0.3 is 14.5 Å². The van der Waals surface area contributed by atoms with Crippen molar-refractivity contribution >= 4 is 0 Å². The molecule has 0 saturated carbocycles. The van der Waals surface area contributed by atoms with E-state index in [0.717, 1.165) is 25.3 Å². The van der Waals surface area contributed by atoms with Crippen molar-refractivity contribution in [2.45, 2.75) is 6.42 Å². The van der Waals surface area contributed by atoms with Crippen molar-refractivity contribution in [1.29, 1.82) is 0 Å². The van der Waals surface area contributed by atoms with Gasteiger partial charge in [0, 0.05) is 32.7 Å². The summed E-state index contributed by atoms with van der Waals surface area (Å²) in [6, 6.07) is 19.4. The summed E-state index contributed by atoms with van der Waals surface area (Å²) >= 11 is 0. The Labute approximate surface area is 139 Å². The Morgan fingerprint density at radius 3 is 2.26 bits per heavy atom. The minimum atomic E-state index is 0.784. The average Bonchev–Trinajstić information content (AvgIpc) is 2.62. The molecule has 0 spiro atoms. The van der Waals surface area contributed by atoms with Crippen LogP contribution >= 0.6 is 0 Å². The largest absolute Gasteiger partial charge is 0.494 e. The molecular formula is C20H25N2O. The molecule has 2 aromatic rings. The molecule has 23 heavy (non-hydrogen) atoms. The van der Waals surface area contributed by atoms with Crippen LogP contribution < -0.4 is 4.74 Å². The van der Waals surface area contributed by atoms with Crippen LogP contribution in [0.15, 0.2) is 48.5 Å². The summed E-state index contributed by atoms with van der Waals surface area (Å²) < 4.78 is 5.87. The van der Waals surface area contributed by atoms with Gasteiger partial charge in [0.1, 0.15) is 5.75 Å². The van der Waals surface area contributed by atoms with Gasteiger partial charge in [-0.1, -0.05) is 36.4 Å². The normalized spacial score (nSPS) is 16.4. The first-order chi connectivity index (χ1) is 11.3. The quantitative estimate of drug-likeness (QED) is 0.762. The smallest absolute Gasteiger partial charge is 0.119 e. The van der Waals surface area contributed by atoms with E-state index in [1.807, 2.05) is 12.1 Å². The Bertz CT molecular complexity index is 574. The van der Waals surface area contributed by atoms with Gasteiger partial charge in [0.05, 0.1) is 6.61 Å². The summed E-state index contributed by atoms with van der Waals surface area (Å²) in [5.74, 6) is 0.953. The number of likely N-dealkylation sites (N-methyl/N-ethyl adjacent to an activating group) is 1. The molecule has 1 aliphatic rings. The lowest BCUT2D eigenvalue weighted by Crippen LogP contribution is -2.44. The van der Waals surface area contributed by atoms with Gasteiger partial charge in [-0.2, -0.15) is 0 Å². The minimum absolute atomic E-state index is 0.784. The molecule has 0 unspecified atom stereocenters. The molecule has 121 valence electrons. The minimum Gasteiger partial charge on any atom is -0.494 e. The van der Waals surface area contributed by atoms with Crippen LogP contribution in [0.1, 0.15) is 6.42 Å². The first-order valence-electron chi connectivity index (χ1n) is 8.41. The molecule has 1 aliphatic heterocycles. The first-order valence-corrected chi connectivity index (χ1v) is 8.41. The van der Waals surface area contributed by atoms with Gasteiger partial charge in [-0.05, 0) is 42.8 Å². The van der Waals surface area contributed by atoms with Gasteiger partial charge in [-0.15, -0.1) is 0 Å². The van der Waals surface area contributed by atoms with Crippen molar-refractivity contribution < 1.29 is 4.74 Å². The zero-order valence-corrected chi connectivity index (χ0v) is 13.9. The molecule has 1 saturated heterocycles. The number of piperazine rings is 1. The molecule has 3 rings (SSSR count). The van der Waals surface area contributed by atoms with Crippen molar-refractivity contribution in [3.63, 3.8) is 0 Å². The molecule has 0 atom stereocenters. The number of rotatable bonds is 6. The van der Waals surface area contributed by atoms with Crippen molar-refractivity contribution in [3.8, 4) is 16.9 Å². The highest BCUT2D eigenvalue weighted by molar-refractivity contribution is 5.63. The third-order valence-electron chi connectivity index (χ3n) is 4.39. The standard InChI is InChI=1S/C20H25N2O/c1-21-13-15-22(16-14-21)12-5-17-23-20-10-8-19(9-11-20)18-6-3-2-4-7-18/h3-4,6-11H,5,12-17H2,1H3. The molecule has 0 bridgehead atoms. The topological polar surface area (TPSA) is 15.7 Å². The zero-order valence-electron chi connectivity index (χ0n) is 13.9. The number of benzene rings is 2. The van der Waals surface area contributed by atoms with E-state index in [-0.39, 0.29) is 0 Å². The fourth-order valence-electron chi connectivity index (χ4n) is 2.87. The van der Waals surface area contributed by atoms with E-state index >= 15 is 0 Å². The molecule has 0 amide bonds. The fraction of sp³-hybridized carbons (Fsp3) is 0.400. The van der Waals surface area contributed by atoms with Gasteiger partial charge in [0.25, 0.3) is 0 Å². The highest BCUT2D eigenvalue weighted by Crippen LogP contribution is 2.22.